The first-order valence-electron chi connectivity index (χ1n) is 4.21. The van der Waals surface area contributed by atoms with Crippen molar-refractivity contribution < 1.29 is 0 Å². The highest BCUT2D eigenvalue weighted by Crippen LogP contribution is 2.22. The van der Waals surface area contributed by atoms with E-state index >= 15 is 0 Å². The first-order chi connectivity index (χ1) is 5.86. The van der Waals surface area contributed by atoms with Gasteiger partial charge in [-0.3, -0.25) is 0 Å². The summed E-state index contributed by atoms with van der Waals surface area (Å²) in [5.74, 6) is 0. The van der Waals surface area contributed by atoms with Crippen LogP contribution in [0.5, 0.6) is 0 Å². The molecule has 0 radical (unpaired) electrons. The second kappa shape index (κ2) is 3.54. The van der Waals surface area contributed by atoms with Crippen LogP contribution >= 0.6 is 15.9 Å². The van der Waals surface area contributed by atoms with Crippen molar-refractivity contribution in [2.24, 2.45) is 0 Å². The van der Waals surface area contributed by atoms with Gasteiger partial charge in [-0.2, -0.15) is 0 Å². The van der Waals surface area contributed by atoms with Crippen molar-refractivity contribution in [2.45, 2.75) is 18.9 Å². The Morgan fingerprint density at radius 1 is 1.50 bits per heavy atom. The van der Waals surface area contributed by atoms with Crippen molar-refractivity contribution >= 4 is 15.9 Å². The van der Waals surface area contributed by atoms with Crippen LogP contribution in [0.25, 0.3) is 0 Å². The predicted octanol–water partition coefficient (Wildman–Crippen LogP) is 2.27. The molecule has 2 heterocycles. The van der Waals surface area contributed by atoms with E-state index in [1.54, 1.807) is 0 Å². The van der Waals surface area contributed by atoms with E-state index in [4.69, 9.17) is 0 Å². The average molecular weight is 227 g/mol. The maximum Gasteiger partial charge on any atom is 0.106 e. The summed E-state index contributed by atoms with van der Waals surface area (Å²) in [6.45, 7) is 1.14. The van der Waals surface area contributed by atoms with Crippen LogP contribution < -0.4 is 5.32 Å². The number of hydrogen-bond donors (Lipinski definition) is 1. The first-order valence-corrected chi connectivity index (χ1v) is 5.00. The standard InChI is InChI=1S/C9H11BrN2/c10-9-4-3-7(6-12-9)8-2-1-5-11-8/h3-4,6,8,11H,1-2,5H2/t8-/m1/s1. The van der Waals surface area contributed by atoms with Gasteiger partial charge >= 0.3 is 0 Å². The van der Waals surface area contributed by atoms with Crippen LogP contribution in [-0.4, -0.2) is 11.5 Å². The molecule has 2 rings (SSSR count). The molecule has 0 spiro atoms. The third-order valence-corrected chi connectivity index (χ3v) is 2.68. The molecule has 1 N–H and O–H groups in total. The maximum absolute atomic E-state index is 4.20. The van der Waals surface area contributed by atoms with Gasteiger partial charge < -0.3 is 5.32 Å². The zero-order valence-electron chi connectivity index (χ0n) is 6.76. The summed E-state index contributed by atoms with van der Waals surface area (Å²) in [5, 5.41) is 3.44. The SMILES string of the molecule is Brc1ccc([C@H]2CCCN2)cn1. The van der Waals surface area contributed by atoms with E-state index in [1.807, 2.05) is 12.3 Å². The van der Waals surface area contributed by atoms with Gasteiger partial charge in [-0.05, 0) is 46.9 Å². The van der Waals surface area contributed by atoms with Crippen molar-refractivity contribution in [3.05, 3.63) is 28.5 Å². The normalized spacial score (nSPS) is 22.9. The minimum atomic E-state index is 0.533. The molecular weight excluding hydrogens is 216 g/mol. The molecule has 1 atom stereocenters. The fraction of sp³-hybridized carbons (Fsp3) is 0.444. The molecule has 0 aliphatic carbocycles. The second-order valence-electron chi connectivity index (χ2n) is 3.06. The zero-order valence-corrected chi connectivity index (χ0v) is 8.34. The van der Waals surface area contributed by atoms with Gasteiger partial charge in [0.25, 0.3) is 0 Å². The zero-order chi connectivity index (χ0) is 8.39. The third-order valence-electron chi connectivity index (χ3n) is 2.21. The third kappa shape index (κ3) is 1.67. The van der Waals surface area contributed by atoms with Gasteiger partial charge in [-0.25, -0.2) is 4.98 Å². The number of nitrogens with zero attached hydrogens (tertiary/aromatic N) is 1. The molecule has 0 aromatic carbocycles. The molecule has 1 fully saturated rings. The van der Waals surface area contributed by atoms with Crippen LogP contribution in [0.2, 0.25) is 0 Å². The van der Waals surface area contributed by atoms with Gasteiger partial charge in [0, 0.05) is 12.2 Å². The molecule has 3 heteroatoms. The number of nitrogens with one attached hydrogen (secondary N) is 1. The van der Waals surface area contributed by atoms with E-state index in [9.17, 15) is 0 Å². The van der Waals surface area contributed by atoms with Gasteiger partial charge in [0.15, 0.2) is 0 Å². The summed E-state index contributed by atoms with van der Waals surface area (Å²) in [6, 6.07) is 4.65. The van der Waals surface area contributed by atoms with E-state index < -0.39 is 0 Å². The molecular formula is C9H11BrN2. The topological polar surface area (TPSA) is 24.9 Å². The second-order valence-corrected chi connectivity index (χ2v) is 3.88. The molecule has 1 aromatic heterocycles. The fourth-order valence-corrected chi connectivity index (χ4v) is 1.80. The lowest BCUT2D eigenvalue weighted by Gasteiger charge is -2.08. The molecule has 12 heavy (non-hydrogen) atoms. The Labute approximate surface area is 80.5 Å². The quantitative estimate of drug-likeness (QED) is 0.744. The van der Waals surface area contributed by atoms with Crippen molar-refractivity contribution in [1.29, 1.82) is 0 Å². The Kier molecular flexibility index (Phi) is 2.42. The summed E-state index contributed by atoms with van der Waals surface area (Å²) in [4.78, 5) is 4.20. The Balaban J connectivity index is 2.17. The number of halogens is 1. The Morgan fingerprint density at radius 3 is 3.00 bits per heavy atom. The molecule has 1 aliphatic heterocycles. The molecule has 1 saturated heterocycles. The minimum Gasteiger partial charge on any atom is -0.310 e. The average Bonchev–Trinajstić information content (AvgIpc) is 2.58. The lowest BCUT2D eigenvalue weighted by molar-refractivity contribution is 0.644. The van der Waals surface area contributed by atoms with Gasteiger partial charge in [-0.1, -0.05) is 6.07 Å². The molecule has 0 amide bonds. The number of hydrogen-bond acceptors (Lipinski definition) is 2. The molecule has 1 aliphatic rings. The fourth-order valence-electron chi connectivity index (χ4n) is 1.56. The molecule has 64 valence electrons. The van der Waals surface area contributed by atoms with Gasteiger partial charge in [0.05, 0.1) is 0 Å². The maximum atomic E-state index is 4.20. The number of pyridine rings is 1. The van der Waals surface area contributed by atoms with Crippen molar-refractivity contribution in [3.63, 3.8) is 0 Å². The Bertz CT molecular complexity index is 252. The molecule has 0 bridgehead atoms. The predicted molar refractivity (Wildman–Crippen MR) is 51.9 cm³/mol. The van der Waals surface area contributed by atoms with Crippen LogP contribution in [0.1, 0.15) is 24.4 Å². The van der Waals surface area contributed by atoms with E-state index in [1.165, 1.54) is 18.4 Å². The number of rotatable bonds is 1. The van der Waals surface area contributed by atoms with E-state index in [2.05, 4.69) is 32.3 Å². The molecule has 0 saturated carbocycles. The monoisotopic (exact) mass is 226 g/mol. The lowest BCUT2D eigenvalue weighted by Crippen LogP contribution is -2.12. The highest BCUT2D eigenvalue weighted by atomic mass is 79.9. The minimum absolute atomic E-state index is 0.533. The molecule has 0 unspecified atom stereocenters. The summed E-state index contributed by atoms with van der Waals surface area (Å²) >= 11 is 3.32. The first kappa shape index (κ1) is 8.20. The highest BCUT2D eigenvalue weighted by Gasteiger charge is 2.15. The van der Waals surface area contributed by atoms with Crippen molar-refractivity contribution in [2.75, 3.05) is 6.54 Å². The number of aromatic nitrogens is 1. The Hall–Kier alpha value is -0.410. The van der Waals surface area contributed by atoms with Crippen molar-refractivity contribution in [3.8, 4) is 0 Å². The van der Waals surface area contributed by atoms with Gasteiger partial charge in [0.1, 0.15) is 4.60 Å². The van der Waals surface area contributed by atoms with E-state index in [0.29, 0.717) is 6.04 Å². The molecule has 1 aromatic rings. The van der Waals surface area contributed by atoms with Crippen LogP contribution in [0, 0.1) is 0 Å². The summed E-state index contributed by atoms with van der Waals surface area (Å²) < 4.78 is 0.907. The summed E-state index contributed by atoms with van der Waals surface area (Å²) in [5.41, 5.74) is 1.30. The van der Waals surface area contributed by atoms with Gasteiger partial charge in [-0.15, -0.1) is 0 Å². The smallest absolute Gasteiger partial charge is 0.106 e. The highest BCUT2D eigenvalue weighted by molar-refractivity contribution is 9.10. The summed E-state index contributed by atoms with van der Waals surface area (Å²) in [7, 11) is 0. The Morgan fingerprint density at radius 2 is 2.42 bits per heavy atom. The van der Waals surface area contributed by atoms with Crippen molar-refractivity contribution in [1.82, 2.24) is 10.3 Å². The summed E-state index contributed by atoms with van der Waals surface area (Å²) in [6.07, 6.45) is 4.46. The van der Waals surface area contributed by atoms with E-state index in [-0.39, 0.29) is 0 Å². The van der Waals surface area contributed by atoms with Gasteiger partial charge in [0.2, 0.25) is 0 Å². The van der Waals surface area contributed by atoms with Crippen LogP contribution in [0.3, 0.4) is 0 Å². The van der Waals surface area contributed by atoms with Crippen LogP contribution in [0.15, 0.2) is 22.9 Å². The lowest BCUT2D eigenvalue weighted by atomic mass is 10.1. The van der Waals surface area contributed by atoms with E-state index in [0.717, 1.165) is 11.1 Å². The van der Waals surface area contributed by atoms with Crippen LogP contribution in [-0.2, 0) is 0 Å². The largest absolute Gasteiger partial charge is 0.310 e. The molecule has 2 nitrogen and oxygen atoms in total. The van der Waals surface area contributed by atoms with Crippen LogP contribution in [0.4, 0.5) is 0 Å².